The summed E-state index contributed by atoms with van der Waals surface area (Å²) in [7, 11) is 0. The van der Waals surface area contributed by atoms with Crippen LogP contribution in [0, 0.1) is 22.0 Å². The number of benzene rings is 2. The molecule has 1 heterocycles. The number of piperidine rings is 1. The number of nitrogens with zero attached hydrogens (tertiary/aromatic N) is 2. The Hall–Kier alpha value is -3.54. The van der Waals surface area contributed by atoms with E-state index in [1.807, 2.05) is 12.1 Å². The van der Waals surface area contributed by atoms with Gasteiger partial charge in [-0.05, 0) is 73.9 Å². The van der Waals surface area contributed by atoms with Gasteiger partial charge in [0.1, 0.15) is 5.75 Å². The molecule has 2 bridgehead atoms. The second-order valence-electron chi connectivity index (χ2n) is 10.7. The Kier molecular flexibility index (Phi) is 7.83. The van der Waals surface area contributed by atoms with Crippen LogP contribution in [0.3, 0.4) is 0 Å². The van der Waals surface area contributed by atoms with Crippen molar-refractivity contribution in [1.29, 1.82) is 0 Å². The highest BCUT2D eigenvalue weighted by Crippen LogP contribution is 2.41. The number of anilines is 2. The van der Waals surface area contributed by atoms with E-state index in [1.165, 1.54) is 12.1 Å². The molecular formula is C27H32F3N5O4. The van der Waals surface area contributed by atoms with E-state index in [0.29, 0.717) is 23.7 Å². The van der Waals surface area contributed by atoms with Gasteiger partial charge in [0.15, 0.2) is 0 Å². The lowest BCUT2D eigenvalue weighted by molar-refractivity contribution is -0.384. The summed E-state index contributed by atoms with van der Waals surface area (Å²) in [6.45, 7) is 1.73. The van der Waals surface area contributed by atoms with Crippen molar-refractivity contribution in [2.24, 2.45) is 11.8 Å². The molecule has 39 heavy (non-hydrogen) atoms. The minimum atomic E-state index is -4.77. The number of amides is 2. The molecule has 3 fully saturated rings. The summed E-state index contributed by atoms with van der Waals surface area (Å²) in [6, 6.07) is 12.1. The number of rotatable bonds is 8. The molecule has 210 valence electrons. The summed E-state index contributed by atoms with van der Waals surface area (Å²) in [5, 5.41) is 20.5. The van der Waals surface area contributed by atoms with Crippen LogP contribution in [0.25, 0.3) is 0 Å². The van der Waals surface area contributed by atoms with Crippen LogP contribution in [0.5, 0.6) is 5.75 Å². The summed E-state index contributed by atoms with van der Waals surface area (Å²) in [5.41, 5.74) is 1.47. The average molecular weight is 548 g/mol. The highest BCUT2D eigenvalue weighted by molar-refractivity contribution is 5.89. The van der Waals surface area contributed by atoms with E-state index in [1.54, 1.807) is 12.1 Å². The molecule has 2 amide bonds. The van der Waals surface area contributed by atoms with Gasteiger partial charge in [-0.2, -0.15) is 0 Å². The van der Waals surface area contributed by atoms with E-state index in [4.69, 9.17) is 0 Å². The van der Waals surface area contributed by atoms with Gasteiger partial charge < -0.3 is 25.6 Å². The first-order valence-electron chi connectivity index (χ1n) is 13.3. The number of nitro benzene ring substituents is 1. The van der Waals surface area contributed by atoms with Crippen molar-refractivity contribution in [2.75, 3.05) is 23.3 Å². The van der Waals surface area contributed by atoms with Crippen molar-refractivity contribution in [3.05, 3.63) is 58.6 Å². The SMILES string of the molecule is O=C(Nc1ccc(OC(F)(F)F)cc1)N[C@@H]1CCCCC1CN[C@H]1C[C@@H]2C[C@H]1N(c1ccc([N+](=O)[O-])cc1)C2. The lowest BCUT2D eigenvalue weighted by Gasteiger charge is -2.38. The van der Waals surface area contributed by atoms with E-state index in [9.17, 15) is 28.1 Å². The smallest absolute Gasteiger partial charge is 0.406 e. The minimum absolute atomic E-state index is 0.0107. The fourth-order valence-corrected chi connectivity index (χ4v) is 6.33. The highest BCUT2D eigenvalue weighted by Gasteiger charge is 2.45. The molecule has 1 unspecified atom stereocenters. The maximum Gasteiger partial charge on any atom is 0.573 e. The zero-order chi connectivity index (χ0) is 27.6. The second kappa shape index (κ2) is 11.3. The van der Waals surface area contributed by atoms with Crippen LogP contribution in [0.1, 0.15) is 38.5 Å². The summed E-state index contributed by atoms with van der Waals surface area (Å²) < 4.78 is 40.9. The number of non-ortho nitro benzene ring substituents is 1. The minimum Gasteiger partial charge on any atom is -0.406 e. The van der Waals surface area contributed by atoms with Gasteiger partial charge in [0.25, 0.3) is 5.69 Å². The molecule has 5 rings (SSSR count). The fraction of sp³-hybridized carbons (Fsp3) is 0.519. The van der Waals surface area contributed by atoms with Gasteiger partial charge in [-0.25, -0.2) is 4.79 Å². The van der Waals surface area contributed by atoms with Crippen molar-refractivity contribution in [1.82, 2.24) is 10.6 Å². The largest absolute Gasteiger partial charge is 0.573 e. The van der Waals surface area contributed by atoms with Crippen molar-refractivity contribution in [3.8, 4) is 5.75 Å². The van der Waals surface area contributed by atoms with E-state index in [0.717, 1.165) is 69.4 Å². The van der Waals surface area contributed by atoms with Gasteiger partial charge in [0.05, 0.1) is 4.92 Å². The number of fused-ring (bicyclic) bond motifs is 2. The van der Waals surface area contributed by atoms with Gasteiger partial charge in [-0.15, -0.1) is 13.2 Å². The van der Waals surface area contributed by atoms with Gasteiger partial charge >= 0.3 is 12.4 Å². The van der Waals surface area contributed by atoms with Gasteiger partial charge in [0.2, 0.25) is 0 Å². The van der Waals surface area contributed by atoms with Crippen LogP contribution < -0.4 is 25.6 Å². The van der Waals surface area contributed by atoms with Crippen LogP contribution in [0.4, 0.5) is 35.0 Å². The lowest BCUT2D eigenvalue weighted by atomic mass is 9.84. The van der Waals surface area contributed by atoms with Crippen LogP contribution in [-0.2, 0) is 0 Å². The molecule has 2 aromatic rings. The van der Waals surface area contributed by atoms with E-state index < -0.39 is 6.36 Å². The first-order valence-corrected chi connectivity index (χ1v) is 13.3. The van der Waals surface area contributed by atoms with Crippen molar-refractivity contribution in [2.45, 2.75) is 63.0 Å². The molecule has 2 aliphatic carbocycles. The van der Waals surface area contributed by atoms with Crippen molar-refractivity contribution < 1.29 is 27.6 Å². The number of hydrogen-bond donors (Lipinski definition) is 3. The predicted octanol–water partition coefficient (Wildman–Crippen LogP) is 5.43. The Balaban J connectivity index is 1.13. The zero-order valence-corrected chi connectivity index (χ0v) is 21.3. The molecule has 12 heteroatoms. The van der Waals surface area contributed by atoms with E-state index in [2.05, 4.69) is 25.6 Å². The molecule has 1 aliphatic heterocycles. The Morgan fingerprint density at radius 3 is 2.41 bits per heavy atom. The molecule has 1 saturated heterocycles. The zero-order valence-electron chi connectivity index (χ0n) is 21.3. The molecule has 9 nitrogen and oxygen atoms in total. The number of carbonyl (C=O) groups excluding carboxylic acids is 1. The molecule has 3 aliphatic rings. The molecule has 5 atom stereocenters. The van der Waals surface area contributed by atoms with Gasteiger partial charge in [0, 0.05) is 54.7 Å². The lowest BCUT2D eigenvalue weighted by Crippen LogP contribution is -2.52. The van der Waals surface area contributed by atoms with Crippen molar-refractivity contribution in [3.63, 3.8) is 0 Å². The summed E-state index contributed by atoms with van der Waals surface area (Å²) in [4.78, 5) is 25.6. The number of ether oxygens (including phenoxy) is 1. The van der Waals surface area contributed by atoms with E-state index >= 15 is 0 Å². The number of nitrogens with one attached hydrogen (secondary N) is 3. The summed E-state index contributed by atoms with van der Waals surface area (Å²) in [5.74, 6) is 0.500. The summed E-state index contributed by atoms with van der Waals surface area (Å²) >= 11 is 0. The van der Waals surface area contributed by atoms with Crippen LogP contribution in [0.2, 0.25) is 0 Å². The molecule has 0 aromatic heterocycles. The Labute approximate surface area is 224 Å². The topological polar surface area (TPSA) is 109 Å². The molecule has 2 aromatic carbocycles. The normalized spacial score (nSPS) is 26.3. The number of urea groups is 1. The second-order valence-corrected chi connectivity index (χ2v) is 10.7. The van der Waals surface area contributed by atoms with Gasteiger partial charge in [-0.1, -0.05) is 12.8 Å². The standard InChI is InChI=1S/C27H32F3N5O4/c28-27(29,30)39-22-11-5-19(6-12-22)32-26(36)33-23-4-2-1-3-18(23)15-31-24-13-17-14-25(24)34(16-17)20-7-9-21(10-8-20)35(37)38/h5-12,17-18,23-25,31H,1-4,13-16H2,(H2,32,33,36)/t17-,18?,23-,24+,25-/m1/s1. The number of hydrogen-bond acceptors (Lipinski definition) is 6. The third-order valence-electron chi connectivity index (χ3n) is 8.09. The maximum absolute atomic E-state index is 12.7. The third kappa shape index (κ3) is 6.73. The maximum atomic E-state index is 12.7. The summed E-state index contributed by atoms with van der Waals surface area (Å²) in [6.07, 6.45) is 1.39. The quantitative estimate of drug-likeness (QED) is 0.300. The number of halogens is 3. The first-order chi connectivity index (χ1) is 18.6. The Morgan fingerprint density at radius 2 is 1.74 bits per heavy atom. The number of alkyl halides is 3. The number of carbonyl (C=O) groups is 1. The fourth-order valence-electron chi connectivity index (χ4n) is 6.33. The highest BCUT2D eigenvalue weighted by atomic mass is 19.4. The Bertz CT molecular complexity index is 1160. The average Bonchev–Trinajstić information content (AvgIpc) is 3.50. The molecular weight excluding hydrogens is 515 g/mol. The Morgan fingerprint density at radius 1 is 1.03 bits per heavy atom. The molecule has 0 radical (unpaired) electrons. The first kappa shape index (κ1) is 27.0. The van der Waals surface area contributed by atoms with Crippen LogP contribution >= 0.6 is 0 Å². The van der Waals surface area contributed by atoms with Crippen LogP contribution in [0.15, 0.2) is 48.5 Å². The molecule has 0 spiro atoms. The molecule has 3 N–H and O–H groups in total. The van der Waals surface area contributed by atoms with Crippen LogP contribution in [-0.4, -0.2) is 48.5 Å². The monoisotopic (exact) mass is 547 g/mol. The predicted molar refractivity (Wildman–Crippen MR) is 140 cm³/mol. The van der Waals surface area contributed by atoms with Gasteiger partial charge in [-0.3, -0.25) is 10.1 Å². The number of nitro groups is 1. The third-order valence-corrected chi connectivity index (χ3v) is 8.09. The molecule has 2 saturated carbocycles. The van der Waals surface area contributed by atoms with Crippen molar-refractivity contribution >= 4 is 23.1 Å². The van der Waals surface area contributed by atoms with E-state index in [-0.39, 0.29) is 34.4 Å².